The predicted octanol–water partition coefficient (Wildman–Crippen LogP) is 3.13. The van der Waals surface area contributed by atoms with Gasteiger partial charge in [0.05, 0.1) is 12.0 Å². The van der Waals surface area contributed by atoms with Crippen molar-refractivity contribution in [3.63, 3.8) is 0 Å². The zero-order chi connectivity index (χ0) is 15.6. The number of carbonyl (C=O) groups is 2. The highest BCUT2D eigenvalue weighted by Crippen LogP contribution is 2.35. The van der Waals surface area contributed by atoms with Crippen molar-refractivity contribution < 1.29 is 14.7 Å². The van der Waals surface area contributed by atoms with E-state index in [9.17, 15) is 9.59 Å². The van der Waals surface area contributed by atoms with Crippen LogP contribution in [-0.2, 0) is 4.79 Å². The Labute approximate surface area is 124 Å². The van der Waals surface area contributed by atoms with Crippen LogP contribution in [0.25, 0.3) is 0 Å². The van der Waals surface area contributed by atoms with Crippen molar-refractivity contribution in [2.24, 2.45) is 0 Å². The van der Waals surface area contributed by atoms with Gasteiger partial charge in [0, 0.05) is 5.69 Å². The zero-order valence-corrected chi connectivity index (χ0v) is 12.7. The molecular formula is C16H22N2O3. The summed E-state index contributed by atoms with van der Waals surface area (Å²) in [6.45, 7) is 5.91. The summed E-state index contributed by atoms with van der Waals surface area (Å²) in [6, 6.07) is 3.70. The van der Waals surface area contributed by atoms with E-state index < -0.39 is 11.5 Å². The van der Waals surface area contributed by atoms with E-state index in [1.54, 1.807) is 0 Å². The molecule has 1 fully saturated rings. The fraction of sp³-hybridized carbons (Fsp3) is 0.500. The number of carbonyl (C=O) groups excluding carboxylic acids is 1. The van der Waals surface area contributed by atoms with Crippen molar-refractivity contribution in [3.05, 3.63) is 28.8 Å². The first-order chi connectivity index (χ1) is 9.81. The molecule has 0 heterocycles. The van der Waals surface area contributed by atoms with Gasteiger partial charge in [-0.2, -0.15) is 0 Å². The number of aliphatic carboxylic acids is 1. The first kappa shape index (κ1) is 15.4. The Morgan fingerprint density at radius 2 is 1.76 bits per heavy atom. The van der Waals surface area contributed by atoms with Gasteiger partial charge in [-0.05, 0) is 51.2 Å². The van der Waals surface area contributed by atoms with Crippen molar-refractivity contribution in [2.75, 3.05) is 5.32 Å². The maximum absolute atomic E-state index is 12.2. The first-order valence-electron chi connectivity index (χ1n) is 7.20. The highest BCUT2D eigenvalue weighted by Gasteiger charge is 2.40. The lowest BCUT2D eigenvalue weighted by Gasteiger charge is -2.41. The standard InChI is InChI=1S/C16H22N2O3/c1-10-7-11(2)14(12(3)8-10)17-15(21)18-16(5-4-6-16)9-13(19)20/h7-8H,4-6,9H2,1-3H3,(H,19,20)(H2,17,18,21). The average Bonchev–Trinajstić information content (AvgIpc) is 2.30. The third-order valence-electron chi connectivity index (χ3n) is 4.09. The quantitative estimate of drug-likeness (QED) is 0.797. The summed E-state index contributed by atoms with van der Waals surface area (Å²) in [6.07, 6.45) is 2.37. The molecule has 2 amide bonds. The van der Waals surface area contributed by atoms with Gasteiger partial charge in [0.1, 0.15) is 0 Å². The predicted molar refractivity (Wildman–Crippen MR) is 81.6 cm³/mol. The number of nitrogens with one attached hydrogen (secondary N) is 2. The van der Waals surface area contributed by atoms with Crippen LogP contribution in [0.5, 0.6) is 0 Å². The molecule has 5 heteroatoms. The van der Waals surface area contributed by atoms with Crippen molar-refractivity contribution in [3.8, 4) is 0 Å². The molecule has 1 saturated carbocycles. The van der Waals surface area contributed by atoms with Gasteiger partial charge in [-0.15, -0.1) is 0 Å². The summed E-state index contributed by atoms with van der Waals surface area (Å²) in [5, 5.41) is 14.7. The molecule has 0 saturated heterocycles. The van der Waals surface area contributed by atoms with Crippen LogP contribution < -0.4 is 10.6 Å². The summed E-state index contributed by atoms with van der Waals surface area (Å²) in [5.74, 6) is -0.877. The van der Waals surface area contributed by atoms with Crippen LogP contribution >= 0.6 is 0 Å². The largest absolute Gasteiger partial charge is 0.481 e. The monoisotopic (exact) mass is 290 g/mol. The normalized spacial score (nSPS) is 16.0. The van der Waals surface area contributed by atoms with Crippen LogP contribution in [0.4, 0.5) is 10.5 Å². The van der Waals surface area contributed by atoms with E-state index in [4.69, 9.17) is 5.11 Å². The van der Waals surface area contributed by atoms with Gasteiger partial charge < -0.3 is 15.7 Å². The lowest BCUT2D eigenvalue weighted by molar-refractivity contribution is -0.139. The molecule has 0 aliphatic heterocycles. The van der Waals surface area contributed by atoms with E-state index in [0.717, 1.165) is 41.6 Å². The number of urea groups is 1. The highest BCUT2D eigenvalue weighted by molar-refractivity contribution is 5.92. The number of carboxylic acid groups (broad SMARTS) is 1. The third-order valence-corrected chi connectivity index (χ3v) is 4.09. The molecule has 1 aromatic rings. The molecule has 5 nitrogen and oxygen atoms in total. The van der Waals surface area contributed by atoms with E-state index in [1.165, 1.54) is 0 Å². The maximum Gasteiger partial charge on any atom is 0.319 e. The smallest absolute Gasteiger partial charge is 0.319 e. The Bertz CT molecular complexity index is 554. The van der Waals surface area contributed by atoms with Crippen LogP contribution in [0.2, 0.25) is 0 Å². The topological polar surface area (TPSA) is 78.4 Å². The Morgan fingerprint density at radius 3 is 2.19 bits per heavy atom. The summed E-state index contributed by atoms with van der Waals surface area (Å²) >= 11 is 0. The Balaban J connectivity index is 2.07. The SMILES string of the molecule is Cc1cc(C)c(NC(=O)NC2(CC(=O)O)CCC2)c(C)c1. The molecule has 0 atom stereocenters. The van der Waals surface area contributed by atoms with E-state index in [1.807, 2.05) is 32.9 Å². The van der Waals surface area contributed by atoms with E-state index >= 15 is 0 Å². The van der Waals surface area contributed by atoms with Gasteiger partial charge in [0.2, 0.25) is 0 Å². The Hall–Kier alpha value is -2.04. The Kier molecular flexibility index (Phi) is 4.21. The molecule has 1 aliphatic rings. The highest BCUT2D eigenvalue weighted by atomic mass is 16.4. The summed E-state index contributed by atoms with van der Waals surface area (Å²) < 4.78 is 0. The lowest BCUT2D eigenvalue weighted by Crippen LogP contribution is -2.55. The molecule has 0 bridgehead atoms. The number of rotatable bonds is 4. The fourth-order valence-electron chi connectivity index (χ4n) is 3.00. The van der Waals surface area contributed by atoms with Gasteiger partial charge in [-0.1, -0.05) is 17.7 Å². The van der Waals surface area contributed by atoms with E-state index in [0.29, 0.717) is 0 Å². The van der Waals surface area contributed by atoms with Crippen LogP contribution in [0.1, 0.15) is 42.4 Å². The minimum absolute atomic E-state index is 0.0215. The third kappa shape index (κ3) is 3.54. The number of aryl methyl sites for hydroxylation is 3. The molecule has 21 heavy (non-hydrogen) atoms. The maximum atomic E-state index is 12.2. The number of hydrogen-bond acceptors (Lipinski definition) is 2. The van der Waals surface area contributed by atoms with Crippen molar-refractivity contribution in [1.29, 1.82) is 0 Å². The summed E-state index contributed by atoms with van der Waals surface area (Å²) in [4.78, 5) is 23.1. The van der Waals surface area contributed by atoms with Crippen LogP contribution in [0, 0.1) is 20.8 Å². The lowest BCUT2D eigenvalue weighted by atomic mass is 9.74. The van der Waals surface area contributed by atoms with Crippen molar-refractivity contribution in [1.82, 2.24) is 5.32 Å². The Morgan fingerprint density at radius 1 is 1.19 bits per heavy atom. The number of hydrogen-bond donors (Lipinski definition) is 3. The average molecular weight is 290 g/mol. The van der Waals surface area contributed by atoms with Gasteiger partial charge in [0.25, 0.3) is 0 Å². The fourth-order valence-corrected chi connectivity index (χ4v) is 3.00. The minimum Gasteiger partial charge on any atom is -0.481 e. The number of anilines is 1. The minimum atomic E-state index is -0.877. The second kappa shape index (κ2) is 5.76. The summed E-state index contributed by atoms with van der Waals surface area (Å²) in [5.41, 5.74) is 3.37. The van der Waals surface area contributed by atoms with Crippen molar-refractivity contribution >= 4 is 17.7 Å². The molecule has 0 radical (unpaired) electrons. The van der Waals surface area contributed by atoms with Gasteiger partial charge in [0.15, 0.2) is 0 Å². The molecule has 0 unspecified atom stereocenters. The molecule has 2 rings (SSSR count). The van der Waals surface area contributed by atoms with E-state index in [-0.39, 0.29) is 12.5 Å². The second-order valence-corrected chi connectivity index (χ2v) is 6.06. The second-order valence-electron chi connectivity index (χ2n) is 6.06. The number of carboxylic acids is 1. The summed E-state index contributed by atoms with van der Waals surface area (Å²) in [7, 11) is 0. The zero-order valence-electron chi connectivity index (χ0n) is 12.7. The number of benzene rings is 1. The van der Waals surface area contributed by atoms with Crippen LogP contribution in [0.15, 0.2) is 12.1 Å². The van der Waals surface area contributed by atoms with Gasteiger partial charge in [-0.25, -0.2) is 4.79 Å². The van der Waals surface area contributed by atoms with Crippen molar-refractivity contribution in [2.45, 2.75) is 52.0 Å². The molecule has 0 aromatic heterocycles. The molecule has 114 valence electrons. The molecular weight excluding hydrogens is 268 g/mol. The van der Waals surface area contributed by atoms with Crippen LogP contribution in [0.3, 0.4) is 0 Å². The number of amides is 2. The van der Waals surface area contributed by atoms with E-state index in [2.05, 4.69) is 10.6 Å². The van der Waals surface area contributed by atoms with Crippen LogP contribution in [-0.4, -0.2) is 22.6 Å². The molecule has 0 spiro atoms. The van der Waals surface area contributed by atoms with Gasteiger partial charge in [-0.3, -0.25) is 4.79 Å². The molecule has 1 aromatic carbocycles. The van der Waals surface area contributed by atoms with Gasteiger partial charge >= 0.3 is 12.0 Å². The molecule has 1 aliphatic carbocycles. The molecule has 3 N–H and O–H groups in total. The first-order valence-corrected chi connectivity index (χ1v) is 7.20.